The molecule has 0 spiro atoms. The summed E-state index contributed by atoms with van der Waals surface area (Å²) in [5, 5.41) is 9.20. The molecule has 7 nitrogen and oxygen atoms in total. The third-order valence-corrected chi connectivity index (χ3v) is 5.70. The van der Waals surface area contributed by atoms with Crippen LogP contribution in [-0.2, 0) is 4.79 Å². The number of nitrogens with two attached hydrogens (primary N) is 1. The van der Waals surface area contributed by atoms with Gasteiger partial charge in [0.1, 0.15) is 11.9 Å². The highest BCUT2D eigenvalue weighted by Gasteiger charge is 2.29. The Kier molecular flexibility index (Phi) is 5.66. The molecule has 1 aliphatic heterocycles. The maximum absolute atomic E-state index is 11.9. The Labute approximate surface area is 201 Å². The van der Waals surface area contributed by atoms with Crippen molar-refractivity contribution in [3.8, 4) is 17.5 Å². The SMILES string of the molecule is Cc1nnc2n1-c1ccc(C#Cc3cccnc3)cc1C(c1ccc(Cl)cc1)=N[C@H]2CC(N)=O. The quantitative estimate of drug-likeness (QED) is 0.464. The lowest BCUT2D eigenvalue weighted by Gasteiger charge is -2.13. The van der Waals surface area contributed by atoms with Crippen LogP contribution < -0.4 is 5.73 Å². The lowest BCUT2D eigenvalue weighted by molar-refractivity contribution is -0.118. The van der Waals surface area contributed by atoms with Crippen molar-refractivity contribution in [2.24, 2.45) is 10.7 Å². The van der Waals surface area contributed by atoms with Crippen LogP contribution in [0.4, 0.5) is 0 Å². The molecule has 0 radical (unpaired) electrons. The summed E-state index contributed by atoms with van der Waals surface area (Å²) in [6.45, 7) is 1.87. The van der Waals surface area contributed by atoms with E-state index in [9.17, 15) is 4.79 Å². The van der Waals surface area contributed by atoms with Gasteiger partial charge in [0, 0.05) is 39.7 Å². The summed E-state index contributed by atoms with van der Waals surface area (Å²) in [5.74, 6) is 7.14. The van der Waals surface area contributed by atoms with E-state index in [2.05, 4.69) is 27.0 Å². The van der Waals surface area contributed by atoms with E-state index in [1.165, 1.54) is 0 Å². The number of rotatable bonds is 3. The molecule has 3 heterocycles. The molecule has 34 heavy (non-hydrogen) atoms. The first-order chi connectivity index (χ1) is 16.5. The summed E-state index contributed by atoms with van der Waals surface area (Å²) in [6.07, 6.45) is 3.44. The van der Waals surface area contributed by atoms with Crippen molar-refractivity contribution in [3.05, 3.63) is 106 Å². The topological polar surface area (TPSA) is 99.1 Å². The zero-order valence-electron chi connectivity index (χ0n) is 18.2. The number of primary amides is 1. The van der Waals surface area contributed by atoms with Crippen LogP contribution in [0.5, 0.6) is 0 Å². The fourth-order valence-electron chi connectivity index (χ4n) is 3.92. The highest BCUT2D eigenvalue weighted by Crippen LogP contribution is 2.33. The fourth-order valence-corrected chi connectivity index (χ4v) is 4.05. The number of carbonyl (C=O) groups is 1. The van der Waals surface area contributed by atoms with Gasteiger partial charge in [0.15, 0.2) is 5.82 Å². The van der Waals surface area contributed by atoms with E-state index in [0.29, 0.717) is 22.4 Å². The number of hydrogen-bond donors (Lipinski definition) is 1. The molecule has 0 saturated carbocycles. The van der Waals surface area contributed by atoms with E-state index in [1.54, 1.807) is 12.4 Å². The summed E-state index contributed by atoms with van der Waals surface area (Å²) in [7, 11) is 0. The van der Waals surface area contributed by atoms with Crippen LogP contribution in [0.25, 0.3) is 5.69 Å². The normalized spacial score (nSPS) is 14.2. The monoisotopic (exact) mass is 466 g/mol. The Hall–Kier alpha value is -4.28. The number of hydrogen-bond acceptors (Lipinski definition) is 5. The van der Waals surface area contributed by atoms with Crippen molar-refractivity contribution >= 4 is 23.2 Å². The zero-order chi connectivity index (χ0) is 23.7. The van der Waals surface area contributed by atoms with Crippen molar-refractivity contribution in [2.45, 2.75) is 19.4 Å². The highest BCUT2D eigenvalue weighted by atomic mass is 35.5. The van der Waals surface area contributed by atoms with Crippen molar-refractivity contribution in [1.82, 2.24) is 19.7 Å². The van der Waals surface area contributed by atoms with Gasteiger partial charge in [-0.1, -0.05) is 35.6 Å². The molecule has 0 unspecified atom stereocenters. The van der Waals surface area contributed by atoms with Gasteiger partial charge in [-0.15, -0.1) is 10.2 Å². The first kappa shape index (κ1) is 21.6. The number of aromatic nitrogens is 4. The van der Waals surface area contributed by atoms with Crippen molar-refractivity contribution in [2.75, 3.05) is 0 Å². The average molecular weight is 467 g/mol. The van der Waals surface area contributed by atoms with Crippen molar-refractivity contribution < 1.29 is 4.79 Å². The second kappa shape index (κ2) is 8.93. The molecule has 2 aromatic carbocycles. The Morgan fingerprint density at radius 2 is 1.88 bits per heavy atom. The number of amides is 1. The highest BCUT2D eigenvalue weighted by molar-refractivity contribution is 6.30. The second-order valence-corrected chi connectivity index (χ2v) is 8.27. The summed E-state index contributed by atoms with van der Waals surface area (Å²) < 4.78 is 1.92. The third-order valence-electron chi connectivity index (χ3n) is 5.45. The van der Waals surface area contributed by atoms with Gasteiger partial charge in [-0.3, -0.25) is 19.3 Å². The van der Waals surface area contributed by atoms with Gasteiger partial charge in [-0.2, -0.15) is 0 Å². The van der Waals surface area contributed by atoms with Crippen LogP contribution in [0.3, 0.4) is 0 Å². The van der Waals surface area contributed by atoms with Crippen LogP contribution in [0, 0.1) is 18.8 Å². The molecule has 5 rings (SSSR count). The Bertz CT molecular complexity index is 1480. The number of benzene rings is 2. The minimum Gasteiger partial charge on any atom is -0.370 e. The van der Waals surface area contributed by atoms with Gasteiger partial charge < -0.3 is 5.73 Å². The Balaban J connectivity index is 1.72. The Morgan fingerprint density at radius 3 is 2.62 bits per heavy atom. The predicted molar refractivity (Wildman–Crippen MR) is 130 cm³/mol. The lowest BCUT2D eigenvalue weighted by atomic mass is 9.98. The number of halogens is 1. The molecule has 8 heteroatoms. The van der Waals surface area contributed by atoms with Gasteiger partial charge in [0.2, 0.25) is 5.91 Å². The second-order valence-electron chi connectivity index (χ2n) is 7.84. The Morgan fingerprint density at radius 1 is 1.09 bits per heavy atom. The molecule has 2 N–H and O–H groups in total. The first-order valence-corrected chi connectivity index (χ1v) is 11.0. The molecule has 2 aromatic heterocycles. The number of fused-ring (bicyclic) bond motifs is 3. The van der Waals surface area contributed by atoms with Gasteiger partial charge in [0.05, 0.1) is 17.8 Å². The summed E-state index contributed by atoms with van der Waals surface area (Å²) in [4.78, 5) is 21.0. The smallest absolute Gasteiger partial charge is 0.220 e. The molecule has 1 atom stereocenters. The molecule has 0 bridgehead atoms. The number of aryl methyl sites for hydroxylation is 1. The van der Waals surface area contributed by atoms with Crippen molar-refractivity contribution in [1.29, 1.82) is 0 Å². The molecule has 0 saturated heterocycles. The first-order valence-electron chi connectivity index (χ1n) is 10.6. The molecule has 1 amide bonds. The van der Waals surface area contributed by atoms with Crippen molar-refractivity contribution in [3.63, 3.8) is 0 Å². The molecular weight excluding hydrogens is 448 g/mol. The lowest BCUT2D eigenvalue weighted by Crippen LogP contribution is -2.17. The van der Waals surface area contributed by atoms with E-state index in [-0.39, 0.29) is 6.42 Å². The molecule has 4 aromatic rings. The van der Waals surface area contributed by atoms with Gasteiger partial charge in [-0.05, 0) is 49.4 Å². The minimum atomic E-state index is -0.582. The average Bonchev–Trinajstić information content (AvgIpc) is 3.16. The van der Waals surface area contributed by atoms with Gasteiger partial charge >= 0.3 is 0 Å². The molecular formula is C26H19ClN6O. The largest absolute Gasteiger partial charge is 0.370 e. The van der Waals surface area contributed by atoms with E-state index < -0.39 is 11.9 Å². The number of nitrogens with zero attached hydrogens (tertiary/aromatic N) is 5. The third kappa shape index (κ3) is 4.19. The minimum absolute atomic E-state index is 0.0108. The standard InChI is InChI=1S/C26H19ClN6O/c1-16-31-32-26-22(14-24(28)34)30-25(19-7-9-20(27)10-8-19)21-13-17(6-11-23(21)33(16)26)4-5-18-3-2-12-29-15-18/h2-3,6-13,15,22H,14H2,1H3,(H2,28,34)/t22-/m0/s1. The number of carbonyl (C=O) groups excluding carboxylic acids is 1. The van der Waals surface area contributed by atoms with Crippen LogP contribution in [0.1, 0.15) is 46.4 Å². The molecule has 0 fully saturated rings. The predicted octanol–water partition coefficient (Wildman–Crippen LogP) is 3.79. The number of aliphatic imine (C=N–C) groups is 1. The molecule has 166 valence electrons. The van der Waals surface area contributed by atoms with Crippen LogP contribution in [0.15, 0.2) is 72.0 Å². The van der Waals surface area contributed by atoms with Crippen LogP contribution >= 0.6 is 11.6 Å². The van der Waals surface area contributed by atoms with Gasteiger partial charge in [0.25, 0.3) is 0 Å². The summed E-state index contributed by atoms with van der Waals surface area (Å²) in [5.41, 5.74) is 10.4. The van der Waals surface area contributed by atoms with E-state index in [1.807, 2.05) is 66.1 Å². The summed E-state index contributed by atoms with van der Waals surface area (Å²) >= 11 is 6.13. The molecule has 0 aliphatic carbocycles. The zero-order valence-corrected chi connectivity index (χ0v) is 19.0. The van der Waals surface area contributed by atoms with Gasteiger partial charge in [-0.25, -0.2) is 0 Å². The number of pyridine rings is 1. The van der Waals surface area contributed by atoms with E-state index >= 15 is 0 Å². The maximum atomic E-state index is 11.9. The molecule has 1 aliphatic rings. The van der Waals surface area contributed by atoms with E-state index in [4.69, 9.17) is 22.3 Å². The van der Waals surface area contributed by atoms with Crippen LogP contribution in [-0.4, -0.2) is 31.4 Å². The maximum Gasteiger partial charge on any atom is 0.220 e. The fraction of sp³-hybridized carbons (Fsp3) is 0.115. The van der Waals surface area contributed by atoms with E-state index in [0.717, 1.165) is 27.9 Å². The van der Waals surface area contributed by atoms with Crippen LogP contribution in [0.2, 0.25) is 5.02 Å². The summed E-state index contributed by atoms with van der Waals surface area (Å²) in [6, 6.07) is 16.5.